The highest BCUT2D eigenvalue weighted by atomic mass is 32.1. The molecule has 0 saturated heterocycles. The Hall–Kier alpha value is -3.52. The first-order valence-electron chi connectivity index (χ1n) is 8.21. The third-order valence-corrected chi connectivity index (χ3v) is 4.87. The maximum atomic E-state index is 12.6. The summed E-state index contributed by atoms with van der Waals surface area (Å²) in [5, 5.41) is 14.1. The third kappa shape index (κ3) is 3.49. The van der Waals surface area contributed by atoms with E-state index < -0.39 is 11.9 Å². The summed E-state index contributed by atoms with van der Waals surface area (Å²) in [6.07, 6.45) is 4.58. The van der Waals surface area contributed by atoms with E-state index in [0.717, 1.165) is 17.0 Å². The van der Waals surface area contributed by atoms with Crippen molar-refractivity contribution in [2.75, 3.05) is 5.32 Å². The molecule has 3 rings (SSSR count). The first-order valence-corrected chi connectivity index (χ1v) is 9.09. The fourth-order valence-electron chi connectivity index (χ4n) is 2.71. The number of carbonyl (C=O) groups is 2. The molecule has 0 aliphatic heterocycles. The highest BCUT2D eigenvalue weighted by Crippen LogP contribution is 2.36. The smallest absolute Gasteiger partial charge is 0.339 e. The van der Waals surface area contributed by atoms with Crippen LogP contribution in [0.25, 0.3) is 23.4 Å². The van der Waals surface area contributed by atoms with E-state index >= 15 is 0 Å². The van der Waals surface area contributed by atoms with E-state index in [1.165, 1.54) is 12.1 Å². The first-order chi connectivity index (χ1) is 13.3. The summed E-state index contributed by atoms with van der Waals surface area (Å²) in [6, 6.07) is 1.52. The molecule has 0 bridgehead atoms. The predicted molar refractivity (Wildman–Crippen MR) is 109 cm³/mol. The number of hydrogen-bond donors (Lipinski definition) is 2. The summed E-state index contributed by atoms with van der Waals surface area (Å²) < 4.78 is 5.45. The molecule has 0 fully saturated rings. The molecule has 3 heterocycles. The average Bonchev–Trinajstić information content (AvgIpc) is 3.25. The number of anilines is 1. The monoisotopic (exact) mass is 395 g/mol. The van der Waals surface area contributed by atoms with Crippen LogP contribution in [0.3, 0.4) is 0 Å². The van der Waals surface area contributed by atoms with Crippen molar-refractivity contribution < 1.29 is 19.1 Å². The van der Waals surface area contributed by atoms with Gasteiger partial charge in [-0.15, -0.1) is 11.3 Å². The number of thiophene rings is 1. The van der Waals surface area contributed by atoms with E-state index in [0.29, 0.717) is 28.3 Å². The van der Waals surface area contributed by atoms with Crippen LogP contribution in [0.4, 0.5) is 5.00 Å². The molecular formula is C20H17N3O4S. The molecule has 0 unspecified atom stereocenters. The Morgan fingerprint density at radius 3 is 2.61 bits per heavy atom. The van der Waals surface area contributed by atoms with Gasteiger partial charge in [0, 0.05) is 22.7 Å². The van der Waals surface area contributed by atoms with Gasteiger partial charge >= 0.3 is 5.97 Å². The molecule has 7 nitrogen and oxygen atoms in total. The largest absolute Gasteiger partial charge is 0.478 e. The molecule has 1 amide bonds. The summed E-state index contributed by atoms with van der Waals surface area (Å²) in [5.74, 6) is -1.30. The number of rotatable bonds is 6. The zero-order valence-corrected chi connectivity index (χ0v) is 16.1. The van der Waals surface area contributed by atoms with E-state index in [4.69, 9.17) is 4.42 Å². The van der Waals surface area contributed by atoms with E-state index in [-0.39, 0.29) is 16.3 Å². The molecule has 0 aliphatic rings. The van der Waals surface area contributed by atoms with E-state index in [9.17, 15) is 14.7 Å². The average molecular weight is 395 g/mol. The second-order valence-electron chi connectivity index (χ2n) is 5.90. The summed E-state index contributed by atoms with van der Waals surface area (Å²) in [6.45, 7) is 10.8. The van der Waals surface area contributed by atoms with Crippen LogP contribution in [0, 0.1) is 13.8 Å². The minimum absolute atomic E-state index is 0.0300. The molecule has 142 valence electrons. The number of amides is 1. The quantitative estimate of drug-likeness (QED) is 0.629. The molecule has 2 N–H and O–H groups in total. The number of aromatic nitrogens is 2. The summed E-state index contributed by atoms with van der Waals surface area (Å²) >= 11 is 1.10. The maximum absolute atomic E-state index is 12.6. The maximum Gasteiger partial charge on any atom is 0.339 e. The Kier molecular flexibility index (Phi) is 5.23. The lowest BCUT2D eigenvalue weighted by atomic mass is 10.1. The Morgan fingerprint density at radius 1 is 1.29 bits per heavy atom. The van der Waals surface area contributed by atoms with Crippen LogP contribution in [0.1, 0.15) is 43.6 Å². The second kappa shape index (κ2) is 7.61. The topological polar surface area (TPSA) is 105 Å². The number of hydrogen-bond acceptors (Lipinski definition) is 6. The van der Waals surface area contributed by atoms with Crippen LogP contribution >= 0.6 is 11.3 Å². The zero-order chi connectivity index (χ0) is 20.4. The highest BCUT2D eigenvalue weighted by molar-refractivity contribution is 7.15. The number of aryl methyl sites for hydroxylation is 2. The van der Waals surface area contributed by atoms with E-state index in [1.54, 1.807) is 31.5 Å². The lowest BCUT2D eigenvalue weighted by Gasteiger charge is -2.06. The van der Waals surface area contributed by atoms with Gasteiger partial charge in [-0.05, 0) is 26.0 Å². The van der Waals surface area contributed by atoms with Gasteiger partial charge in [0.1, 0.15) is 16.3 Å². The molecular weight excluding hydrogens is 378 g/mol. The fourth-order valence-corrected chi connectivity index (χ4v) is 3.65. The van der Waals surface area contributed by atoms with Gasteiger partial charge in [0.05, 0.1) is 17.1 Å². The van der Waals surface area contributed by atoms with Crippen LogP contribution in [0.2, 0.25) is 0 Å². The minimum atomic E-state index is -1.17. The van der Waals surface area contributed by atoms with Gasteiger partial charge in [0.2, 0.25) is 0 Å². The molecule has 0 atom stereocenters. The van der Waals surface area contributed by atoms with Crippen molar-refractivity contribution in [3.63, 3.8) is 0 Å². The van der Waals surface area contributed by atoms with Crippen LogP contribution in [-0.4, -0.2) is 27.0 Å². The summed E-state index contributed by atoms with van der Waals surface area (Å²) in [7, 11) is 0. The number of furan rings is 1. The predicted octanol–water partition coefficient (Wildman–Crippen LogP) is 4.65. The molecule has 3 aromatic heterocycles. The number of carboxylic acid groups (broad SMARTS) is 1. The molecule has 3 aromatic rings. The van der Waals surface area contributed by atoms with Gasteiger partial charge in [-0.1, -0.05) is 19.2 Å². The van der Waals surface area contributed by atoms with Crippen molar-refractivity contribution in [1.29, 1.82) is 0 Å². The zero-order valence-electron chi connectivity index (χ0n) is 15.3. The van der Waals surface area contributed by atoms with Crippen molar-refractivity contribution in [2.24, 2.45) is 0 Å². The Labute approximate surface area is 165 Å². The summed E-state index contributed by atoms with van der Waals surface area (Å²) in [5.41, 5.74) is 2.78. The number of carboxylic acids is 1. The number of aromatic carboxylic acids is 1. The van der Waals surface area contributed by atoms with Crippen LogP contribution in [0.15, 0.2) is 35.2 Å². The van der Waals surface area contributed by atoms with Crippen LogP contribution < -0.4 is 5.32 Å². The van der Waals surface area contributed by atoms with Crippen LogP contribution in [0.5, 0.6) is 0 Å². The Morgan fingerprint density at radius 2 is 2.04 bits per heavy atom. The molecule has 0 aromatic carbocycles. The van der Waals surface area contributed by atoms with Crippen LogP contribution in [-0.2, 0) is 0 Å². The van der Waals surface area contributed by atoms with Crippen molar-refractivity contribution >= 4 is 40.4 Å². The van der Waals surface area contributed by atoms with Crippen molar-refractivity contribution in [3.05, 3.63) is 64.8 Å². The standard InChI is InChI=1S/C20H17N3O4S/c1-5-12-7-15(27-14(12)6-2)18(24)23-19-16(20(25)26)13(9-28-19)17-11(4)22-10(3)8-21-17/h5-9H,1-2H2,3-4H3,(H,23,24)(H,25,26). The normalized spacial score (nSPS) is 10.5. The lowest BCUT2D eigenvalue weighted by Crippen LogP contribution is -2.13. The van der Waals surface area contributed by atoms with Gasteiger partial charge in [0.15, 0.2) is 5.76 Å². The molecule has 0 saturated carbocycles. The number of carbonyl (C=O) groups excluding carboxylic acids is 1. The van der Waals surface area contributed by atoms with Gasteiger partial charge < -0.3 is 14.8 Å². The number of nitrogens with zero attached hydrogens (tertiary/aromatic N) is 2. The van der Waals surface area contributed by atoms with E-state index in [2.05, 4.69) is 28.4 Å². The molecule has 0 radical (unpaired) electrons. The van der Waals surface area contributed by atoms with Gasteiger partial charge in [-0.25, -0.2) is 4.79 Å². The lowest BCUT2D eigenvalue weighted by molar-refractivity contribution is 0.0699. The second-order valence-corrected chi connectivity index (χ2v) is 6.78. The molecule has 0 aliphatic carbocycles. The van der Waals surface area contributed by atoms with Gasteiger partial charge in [-0.3, -0.25) is 14.8 Å². The summed E-state index contributed by atoms with van der Waals surface area (Å²) in [4.78, 5) is 33.1. The van der Waals surface area contributed by atoms with Gasteiger partial charge in [-0.2, -0.15) is 0 Å². The first kappa shape index (κ1) is 19.2. The Balaban J connectivity index is 1.99. The highest BCUT2D eigenvalue weighted by Gasteiger charge is 2.24. The molecule has 0 spiro atoms. The number of nitrogens with one attached hydrogen (secondary N) is 1. The molecule has 28 heavy (non-hydrogen) atoms. The van der Waals surface area contributed by atoms with Gasteiger partial charge in [0.25, 0.3) is 5.91 Å². The van der Waals surface area contributed by atoms with Crippen molar-refractivity contribution in [2.45, 2.75) is 13.8 Å². The minimum Gasteiger partial charge on any atom is -0.478 e. The third-order valence-electron chi connectivity index (χ3n) is 3.97. The Bertz CT molecular complexity index is 1090. The van der Waals surface area contributed by atoms with Crippen molar-refractivity contribution in [3.8, 4) is 11.3 Å². The fraction of sp³-hybridized carbons (Fsp3) is 0.100. The van der Waals surface area contributed by atoms with E-state index in [1.807, 2.05) is 0 Å². The van der Waals surface area contributed by atoms with Crippen molar-refractivity contribution in [1.82, 2.24) is 9.97 Å². The SMILES string of the molecule is C=Cc1cc(C(=O)Nc2scc(-c3ncc(C)nc3C)c2C(=O)O)oc1C=C. The molecule has 8 heteroatoms.